The summed E-state index contributed by atoms with van der Waals surface area (Å²) >= 11 is 1.21. The van der Waals surface area contributed by atoms with E-state index < -0.39 is 5.97 Å². The summed E-state index contributed by atoms with van der Waals surface area (Å²) in [4.78, 5) is 20.1. The first-order chi connectivity index (χ1) is 12.6. The number of carbonyl (C=O) groups is 1. The monoisotopic (exact) mass is 362 g/mol. The Hall–Kier alpha value is -3.45. The molecule has 3 aromatic rings. The number of fused-ring (bicyclic) bond motifs is 1. The van der Waals surface area contributed by atoms with Gasteiger partial charge in [-0.2, -0.15) is 4.98 Å². The second-order valence-electron chi connectivity index (χ2n) is 5.54. The Balaban J connectivity index is 1.65. The SMILES string of the molecule is O=C([O-])c1ccccc1Nc1nc(O)c(/C=C2\C=Nc3ccccc32)s1. The molecule has 2 aromatic carbocycles. The Bertz CT molecular complexity index is 1070. The molecule has 6 nitrogen and oxygen atoms in total. The number of carboxylic acids is 1. The van der Waals surface area contributed by atoms with E-state index in [1.54, 1.807) is 30.5 Å². The van der Waals surface area contributed by atoms with Gasteiger partial charge in [0.25, 0.3) is 0 Å². The molecule has 0 amide bonds. The quantitative estimate of drug-likeness (QED) is 0.743. The predicted molar refractivity (Wildman–Crippen MR) is 100 cm³/mol. The van der Waals surface area contributed by atoms with Crippen LogP contribution in [0.1, 0.15) is 20.8 Å². The molecule has 7 heteroatoms. The number of rotatable bonds is 4. The number of thiazole rings is 1. The Morgan fingerprint density at radius 2 is 1.92 bits per heavy atom. The van der Waals surface area contributed by atoms with Crippen LogP contribution in [0.2, 0.25) is 0 Å². The lowest BCUT2D eigenvalue weighted by Gasteiger charge is -2.09. The normalized spacial score (nSPS) is 13.8. The molecule has 0 radical (unpaired) electrons. The highest BCUT2D eigenvalue weighted by Gasteiger charge is 2.15. The third-order valence-electron chi connectivity index (χ3n) is 3.87. The van der Waals surface area contributed by atoms with Gasteiger partial charge in [-0.05, 0) is 18.2 Å². The Morgan fingerprint density at radius 1 is 1.15 bits per heavy atom. The molecule has 1 aromatic heterocycles. The molecule has 0 atom stereocenters. The molecule has 2 N–H and O–H groups in total. The Labute approximate surface area is 152 Å². The first-order valence-electron chi connectivity index (χ1n) is 7.74. The number of aliphatic imine (C=N–C) groups is 1. The van der Waals surface area contributed by atoms with E-state index in [9.17, 15) is 15.0 Å². The van der Waals surface area contributed by atoms with E-state index in [-0.39, 0.29) is 11.4 Å². The summed E-state index contributed by atoms with van der Waals surface area (Å²) in [6, 6.07) is 14.1. The third-order valence-corrected chi connectivity index (χ3v) is 4.77. The summed E-state index contributed by atoms with van der Waals surface area (Å²) in [5, 5.41) is 24.6. The molecule has 1 aliphatic rings. The van der Waals surface area contributed by atoms with Gasteiger partial charge in [-0.1, -0.05) is 47.7 Å². The van der Waals surface area contributed by atoms with Crippen molar-refractivity contribution in [3.8, 4) is 5.88 Å². The summed E-state index contributed by atoms with van der Waals surface area (Å²) in [6.45, 7) is 0. The molecule has 0 bridgehead atoms. The van der Waals surface area contributed by atoms with Gasteiger partial charge in [0.2, 0.25) is 5.88 Å². The van der Waals surface area contributed by atoms with Crippen molar-refractivity contribution in [2.24, 2.45) is 4.99 Å². The van der Waals surface area contributed by atoms with Crippen molar-refractivity contribution in [1.29, 1.82) is 0 Å². The molecule has 0 aliphatic carbocycles. The summed E-state index contributed by atoms with van der Waals surface area (Å²) in [7, 11) is 0. The number of aromatic nitrogens is 1. The number of aromatic carboxylic acids is 1. The first kappa shape index (κ1) is 16.0. The average molecular weight is 362 g/mol. The minimum Gasteiger partial charge on any atom is -0.545 e. The zero-order valence-electron chi connectivity index (χ0n) is 13.3. The van der Waals surface area contributed by atoms with E-state index in [2.05, 4.69) is 15.3 Å². The lowest BCUT2D eigenvalue weighted by molar-refractivity contribution is -0.254. The summed E-state index contributed by atoms with van der Waals surface area (Å²) < 4.78 is 0. The van der Waals surface area contributed by atoms with Crippen LogP contribution in [0.3, 0.4) is 0 Å². The molecule has 0 fully saturated rings. The molecule has 26 heavy (non-hydrogen) atoms. The summed E-state index contributed by atoms with van der Waals surface area (Å²) in [5.74, 6) is -1.41. The fraction of sp³-hybridized carbons (Fsp3) is 0. The molecule has 0 saturated carbocycles. The zero-order chi connectivity index (χ0) is 18.1. The largest absolute Gasteiger partial charge is 0.545 e. The van der Waals surface area contributed by atoms with Crippen LogP contribution in [0.4, 0.5) is 16.5 Å². The summed E-state index contributed by atoms with van der Waals surface area (Å²) in [6.07, 6.45) is 3.54. The lowest BCUT2D eigenvalue weighted by atomic mass is 10.1. The highest BCUT2D eigenvalue weighted by Crippen LogP contribution is 2.37. The molecule has 2 heterocycles. The maximum atomic E-state index is 11.2. The Morgan fingerprint density at radius 3 is 2.77 bits per heavy atom. The number of carboxylic acid groups (broad SMARTS) is 1. The van der Waals surface area contributed by atoms with E-state index in [0.29, 0.717) is 15.7 Å². The summed E-state index contributed by atoms with van der Waals surface area (Å²) in [5.41, 5.74) is 3.12. The van der Waals surface area contributed by atoms with Crippen molar-refractivity contribution in [3.05, 3.63) is 64.5 Å². The van der Waals surface area contributed by atoms with E-state index in [1.165, 1.54) is 17.4 Å². The smallest absolute Gasteiger partial charge is 0.231 e. The van der Waals surface area contributed by atoms with Gasteiger partial charge in [0.15, 0.2) is 5.13 Å². The predicted octanol–water partition coefficient (Wildman–Crippen LogP) is 3.21. The number of allylic oxidation sites excluding steroid dienone is 1. The zero-order valence-corrected chi connectivity index (χ0v) is 14.2. The number of anilines is 2. The van der Waals surface area contributed by atoms with E-state index in [1.807, 2.05) is 24.3 Å². The molecule has 1 aliphatic heterocycles. The molecule has 0 unspecified atom stereocenters. The van der Waals surface area contributed by atoms with E-state index >= 15 is 0 Å². The van der Waals surface area contributed by atoms with Crippen LogP contribution in [0.15, 0.2) is 53.5 Å². The fourth-order valence-electron chi connectivity index (χ4n) is 2.65. The van der Waals surface area contributed by atoms with Gasteiger partial charge >= 0.3 is 0 Å². The number of hydrogen-bond acceptors (Lipinski definition) is 7. The average Bonchev–Trinajstić information content (AvgIpc) is 3.19. The Kier molecular flexibility index (Phi) is 3.98. The number of aromatic hydroxyl groups is 1. The van der Waals surface area contributed by atoms with Gasteiger partial charge < -0.3 is 20.3 Å². The van der Waals surface area contributed by atoms with Gasteiger partial charge in [-0.15, -0.1) is 0 Å². The number of nitrogens with one attached hydrogen (secondary N) is 1. The molecular weight excluding hydrogens is 350 g/mol. The lowest BCUT2D eigenvalue weighted by Crippen LogP contribution is -2.23. The van der Waals surface area contributed by atoms with Crippen LogP contribution in [-0.2, 0) is 0 Å². The van der Waals surface area contributed by atoms with Crippen LogP contribution in [0, 0.1) is 0 Å². The number of hydrogen-bond donors (Lipinski definition) is 2. The second kappa shape index (κ2) is 6.45. The minimum absolute atomic E-state index is 0.0268. The highest BCUT2D eigenvalue weighted by atomic mass is 32.1. The fourth-order valence-corrected chi connectivity index (χ4v) is 3.48. The van der Waals surface area contributed by atoms with Crippen LogP contribution in [0.25, 0.3) is 11.6 Å². The van der Waals surface area contributed by atoms with Crippen LogP contribution in [0.5, 0.6) is 5.88 Å². The topological polar surface area (TPSA) is 97.6 Å². The van der Waals surface area contributed by atoms with Crippen molar-refractivity contribution in [3.63, 3.8) is 0 Å². The van der Waals surface area contributed by atoms with Crippen molar-refractivity contribution in [2.75, 3.05) is 5.32 Å². The standard InChI is InChI=1S/C19H13N3O3S/c23-17-16(9-11-10-20-14-7-3-1-5-12(11)14)26-19(22-17)21-15-8-4-2-6-13(15)18(24)25/h1-10,23H,(H,21,22)(H,24,25)/p-1/b11-9+. The number of benzene rings is 2. The van der Waals surface area contributed by atoms with Crippen molar-refractivity contribution in [1.82, 2.24) is 4.98 Å². The molecule has 128 valence electrons. The number of carbonyl (C=O) groups excluding carboxylic acids is 1. The van der Waals surface area contributed by atoms with Gasteiger partial charge in [0, 0.05) is 28.6 Å². The van der Waals surface area contributed by atoms with Gasteiger partial charge in [-0.25, -0.2) is 0 Å². The number of nitrogens with zero attached hydrogens (tertiary/aromatic N) is 2. The molecule has 0 spiro atoms. The van der Waals surface area contributed by atoms with Gasteiger partial charge in [-0.3, -0.25) is 4.99 Å². The van der Waals surface area contributed by atoms with Crippen LogP contribution >= 0.6 is 11.3 Å². The molecule has 0 saturated heterocycles. The van der Waals surface area contributed by atoms with Crippen LogP contribution in [-0.4, -0.2) is 22.3 Å². The van der Waals surface area contributed by atoms with Crippen molar-refractivity contribution < 1.29 is 15.0 Å². The second-order valence-corrected chi connectivity index (χ2v) is 6.57. The van der Waals surface area contributed by atoms with E-state index in [0.717, 1.165) is 16.8 Å². The van der Waals surface area contributed by atoms with Gasteiger partial charge in [0.1, 0.15) is 0 Å². The maximum absolute atomic E-state index is 11.2. The van der Waals surface area contributed by atoms with Crippen molar-refractivity contribution >= 4 is 51.7 Å². The molecule has 4 rings (SSSR count). The minimum atomic E-state index is -1.28. The number of para-hydroxylation sites is 2. The van der Waals surface area contributed by atoms with Crippen molar-refractivity contribution in [2.45, 2.75) is 0 Å². The van der Waals surface area contributed by atoms with E-state index in [4.69, 9.17) is 0 Å². The first-order valence-corrected chi connectivity index (χ1v) is 8.56. The van der Waals surface area contributed by atoms with Crippen LogP contribution < -0.4 is 10.4 Å². The maximum Gasteiger partial charge on any atom is 0.231 e. The molecular formula is C19H12N3O3S-. The third kappa shape index (κ3) is 2.96. The van der Waals surface area contributed by atoms with Gasteiger partial charge in [0.05, 0.1) is 16.5 Å². The highest BCUT2D eigenvalue weighted by molar-refractivity contribution is 7.16.